The highest BCUT2D eigenvalue weighted by Crippen LogP contribution is 2.27. The maximum absolute atomic E-state index is 10.8. The molecule has 6 nitrogen and oxygen atoms in total. The van der Waals surface area contributed by atoms with Crippen molar-refractivity contribution in [3.63, 3.8) is 0 Å². The van der Waals surface area contributed by atoms with Crippen LogP contribution in [0.3, 0.4) is 0 Å². The fourth-order valence-electron chi connectivity index (χ4n) is 4.26. The fourth-order valence-corrected chi connectivity index (χ4v) is 4.38. The maximum atomic E-state index is 10.8. The third-order valence-corrected chi connectivity index (χ3v) is 6.77. The average molecular weight is 545 g/mol. The van der Waals surface area contributed by atoms with Gasteiger partial charge in [0.1, 0.15) is 18.1 Å². The highest BCUT2D eigenvalue weighted by atomic mass is 35.5. The van der Waals surface area contributed by atoms with E-state index in [1.807, 2.05) is 43.3 Å². The second kappa shape index (κ2) is 13.9. The SMILES string of the molecule is Cc1cc(OC/C=C(\c2ccc(Cl)cc2)c2ccc(C#CCN3CCN(C)CC3)cc2)ccc1OCC(=O)O. The molecule has 1 N–H and O–H groups in total. The first kappa shape index (κ1) is 28.3. The number of nitrogens with zero attached hydrogens (tertiary/aromatic N) is 2. The van der Waals surface area contributed by atoms with E-state index in [9.17, 15) is 4.79 Å². The number of piperazine rings is 1. The van der Waals surface area contributed by atoms with Crippen molar-refractivity contribution in [3.05, 3.63) is 100 Å². The van der Waals surface area contributed by atoms with Crippen molar-refractivity contribution in [1.29, 1.82) is 0 Å². The summed E-state index contributed by atoms with van der Waals surface area (Å²) in [5, 5.41) is 9.51. The van der Waals surface area contributed by atoms with Gasteiger partial charge in [-0.05, 0) is 84.8 Å². The van der Waals surface area contributed by atoms with Crippen LogP contribution >= 0.6 is 11.6 Å². The lowest BCUT2D eigenvalue weighted by Gasteiger charge is -2.30. The molecule has 0 aliphatic carbocycles. The summed E-state index contributed by atoms with van der Waals surface area (Å²) >= 11 is 6.14. The van der Waals surface area contributed by atoms with E-state index in [-0.39, 0.29) is 6.61 Å². The molecule has 0 radical (unpaired) electrons. The number of ether oxygens (including phenoxy) is 2. The molecule has 4 rings (SSSR count). The summed E-state index contributed by atoms with van der Waals surface area (Å²) in [7, 11) is 2.16. The molecule has 1 fully saturated rings. The lowest BCUT2D eigenvalue weighted by molar-refractivity contribution is -0.139. The number of carbonyl (C=O) groups is 1. The smallest absolute Gasteiger partial charge is 0.341 e. The highest BCUT2D eigenvalue weighted by molar-refractivity contribution is 6.30. The Hall–Kier alpha value is -3.76. The zero-order valence-corrected chi connectivity index (χ0v) is 23.1. The Bertz CT molecular complexity index is 1350. The number of aryl methyl sites for hydroxylation is 1. The minimum atomic E-state index is -1.01. The second-order valence-electron chi connectivity index (χ2n) is 9.50. The lowest BCUT2D eigenvalue weighted by atomic mass is 9.97. The molecule has 1 aliphatic heterocycles. The summed E-state index contributed by atoms with van der Waals surface area (Å²) in [5.41, 5.74) is 4.91. The summed E-state index contributed by atoms with van der Waals surface area (Å²) in [6.07, 6.45) is 2.04. The second-order valence-corrected chi connectivity index (χ2v) is 9.94. The Morgan fingerprint density at radius 2 is 1.64 bits per heavy atom. The standard InChI is InChI=1S/C32H33ClN2O4/c1-24-22-29(13-14-31(24)39-23-32(36)37)38-21-15-30(27-9-11-28(33)12-10-27)26-7-5-25(6-8-26)4-3-16-35-19-17-34(2)18-20-35/h5-15,22H,16-21,23H2,1-2H3,(H,36,37)/b30-15-. The van der Waals surface area contributed by atoms with Crippen LogP contribution in [-0.2, 0) is 4.79 Å². The number of halogens is 1. The van der Waals surface area contributed by atoms with Gasteiger partial charge in [-0.3, -0.25) is 4.90 Å². The first-order valence-corrected chi connectivity index (χ1v) is 13.3. The van der Waals surface area contributed by atoms with Crippen LogP contribution in [0.15, 0.2) is 72.8 Å². The van der Waals surface area contributed by atoms with E-state index in [2.05, 4.69) is 53.0 Å². The molecule has 1 heterocycles. The van der Waals surface area contributed by atoms with Crippen LogP contribution in [0.2, 0.25) is 5.02 Å². The van der Waals surface area contributed by atoms with Crippen molar-refractivity contribution < 1.29 is 19.4 Å². The van der Waals surface area contributed by atoms with Crippen molar-refractivity contribution in [2.24, 2.45) is 0 Å². The van der Waals surface area contributed by atoms with Gasteiger partial charge in [-0.15, -0.1) is 0 Å². The van der Waals surface area contributed by atoms with E-state index in [0.29, 0.717) is 23.1 Å². The van der Waals surface area contributed by atoms with Crippen LogP contribution in [-0.4, -0.2) is 73.9 Å². The number of carboxylic acids is 1. The zero-order valence-electron chi connectivity index (χ0n) is 22.3. The largest absolute Gasteiger partial charge is 0.489 e. The predicted octanol–water partition coefficient (Wildman–Crippen LogP) is 5.22. The molecule has 1 saturated heterocycles. The minimum absolute atomic E-state index is 0.347. The number of carboxylic acid groups (broad SMARTS) is 1. The van der Waals surface area contributed by atoms with Crippen molar-refractivity contribution in [2.45, 2.75) is 6.92 Å². The van der Waals surface area contributed by atoms with Gasteiger partial charge in [0.25, 0.3) is 0 Å². The molecule has 7 heteroatoms. The summed E-state index contributed by atoms with van der Waals surface area (Å²) < 4.78 is 11.3. The summed E-state index contributed by atoms with van der Waals surface area (Å²) in [5.74, 6) is 6.80. The molecular formula is C32H33ClN2O4. The number of benzene rings is 3. The lowest BCUT2D eigenvalue weighted by Crippen LogP contribution is -2.44. The Kier molecular flexibility index (Phi) is 10.0. The summed E-state index contributed by atoms with van der Waals surface area (Å²) in [4.78, 5) is 15.5. The third kappa shape index (κ3) is 8.62. The van der Waals surface area contributed by atoms with E-state index in [1.165, 1.54) is 0 Å². The fraction of sp³-hybridized carbons (Fsp3) is 0.281. The van der Waals surface area contributed by atoms with Crippen molar-refractivity contribution in [3.8, 4) is 23.3 Å². The van der Waals surface area contributed by atoms with Crippen LogP contribution < -0.4 is 9.47 Å². The summed E-state index contributed by atoms with van der Waals surface area (Å²) in [6, 6.07) is 21.3. The summed E-state index contributed by atoms with van der Waals surface area (Å²) in [6.45, 7) is 6.91. The van der Waals surface area contributed by atoms with Crippen LogP contribution in [0.5, 0.6) is 11.5 Å². The first-order chi connectivity index (χ1) is 18.9. The highest BCUT2D eigenvalue weighted by Gasteiger charge is 2.12. The number of hydrogen-bond donors (Lipinski definition) is 1. The number of rotatable bonds is 9. The van der Waals surface area contributed by atoms with Gasteiger partial charge in [-0.2, -0.15) is 0 Å². The van der Waals surface area contributed by atoms with Crippen molar-refractivity contribution >= 4 is 23.1 Å². The number of likely N-dealkylation sites (N-methyl/N-ethyl adjacent to an activating group) is 1. The monoisotopic (exact) mass is 544 g/mol. The average Bonchev–Trinajstić information content (AvgIpc) is 2.93. The molecule has 0 bridgehead atoms. The van der Waals surface area contributed by atoms with Crippen LogP contribution in [0.1, 0.15) is 22.3 Å². The van der Waals surface area contributed by atoms with Gasteiger partial charge in [-0.1, -0.05) is 47.7 Å². The van der Waals surface area contributed by atoms with Crippen LogP contribution in [0.4, 0.5) is 0 Å². The molecule has 0 spiro atoms. The number of aliphatic carboxylic acids is 1. The van der Waals surface area contributed by atoms with E-state index in [0.717, 1.165) is 60.6 Å². The van der Waals surface area contributed by atoms with Crippen LogP contribution in [0, 0.1) is 18.8 Å². The molecule has 0 aromatic heterocycles. The molecule has 0 atom stereocenters. The molecule has 1 aliphatic rings. The van der Waals surface area contributed by atoms with Gasteiger partial charge in [0, 0.05) is 36.8 Å². The van der Waals surface area contributed by atoms with Crippen molar-refractivity contribution in [2.75, 3.05) is 53.0 Å². The van der Waals surface area contributed by atoms with Gasteiger partial charge in [0.05, 0.1) is 6.54 Å². The Morgan fingerprint density at radius 3 is 2.28 bits per heavy atom. The van der Waals surface area contributed by atoms with Gasteiger partial charge in [-0.25, -0.2) is 4.79 Å². The van der Waals surface area contributed by atoms with Gasteiger partial charge in [0.2, 0.25) is 0 Å². The molecule has 202 valence electrons. The molecule has 0 saturated carbocycles. The van der Waals surface area contributed by atoms with E-state index in [4.69, 9.17) is 26.2 Å². The normalized spacial score (nSPS) is 14.4. The van der Waals surface area contributed by atoms with E-state index >= 15 is 0 Å². The third-order valence-electron chi connectivity index (χ3n) is 6.52. The predicted molar refractivity (Wildman–Crippen MR) is 156 cm³/mol. The molecule has 3 aromatic carbocycles. The van der Waals surface area contributed by atoms with Gasteiger partial charge >= 0.3 is 5.97 Å². The molecule has 0 unspecified atom stereocenters. The minimum Gasteiger partial charge on any atom is -0.489 e. The van der Waals surface area contributed by atoms with E-state index < -0.39 is 5.97 Å². The topological polar surface area (TPSA) is 62.2 Å². The Balaban J connectivity index is 1.45. The molecule has 3 aromatic rings. The number of hydrogen-bond acceptors (Lipinski definition) is 5. The maximum Gasteiger partial charge on any atom is 0.341 e. The van der Waals surface area contributed by atoms with Crippen LogP contribution in [0.25, 0.3) is 5.57 Å². The van der Waals surface area contributed by atoms with Gasteiger partial charge < -0.3 is 19.5 Å². The first-order valence-electron chi connectivity index (χ1n) is 12.9. The molecular weight excluding hydrogens is 512 g/mol. The molecule has 0 amide bonds. The quantitative estimate of drug-likeness (QED) is 0.373. The van der Waals surface area contributed by atoms with E-state index in [1.54, 1.807) is 12.1 Å². The van der Waals surface area contributed by atoms with Gasteiger partial charge in [0.15, 0.2) is 6.61 Å². The Morgan fingerprint density at radius 1 is 0.974 bits per heavy atom. The molecule has 39 heavy (non-hydrogen) atoms. The van der Waals surface area contributed by atoms with Crippen molar-refractivity contribution in [1.82, 2.24) is 9.80 Å². The Labute approximate surface area is 235 Å². The zero-order chi connectivity index (χ0) is 27.6.